The molecular formula is C22H18ClNO. The summed E-state index contributed by atoms with van der Waals surface area (Å²) in [6.07, 6.45) is 1.82. The number of ether oxygens (including phenoxy) is 1. The number of fused-ring (bicyclic) bond motifs is 2. The molecule has 0 saturated heterocycles. The second kappa shape index (κ2) is 6.38. The summed E-state index contributed by atoms with van der Waals surface area (Å²) in [6.45, 7) is 4.05. The fraction of sp³-hybridized carbons (Fsp3) is 0.136. The number of halogens is 1. The zero-order valence-corrected chi connectivity index (χ0v) is 14.9. The summed E-state index contributed by atoms with van der Waals surface area (Å²) >= 11 is 6.58. The molecule has 1 aromatic heterocycles. The molecule has 0 atom stereocenters. The van der Waals surface area contributed by atoms with E-state index in [2.05, 4.69) is 41.4 Å². The Labute approximate surface area is 152 Å². The number of benzene rings is 3. The van der Waals surface area contributed by atoms with Gasteiger partial charge in [-0.2, -0.15) is 0 Å². The molecule has 2 nitrogen and oxygen atoms in total. The van der Waals surface area contributed by atoms with Crippen LogP contribution in [0, 0.1) is 0 Å². The van der Waals surface area contributed by atoms with Crippen molar-refractivity contribution in [3.05, 3.63) is 71.9 Å². The first-order chi connectivity index (χ1) is 12.1. The van der Waals surface area contributed by atoms with E-state index in [0.29, 0.717) is 5.02 Å². The third-order valence-electron chi connectivity index (χ3n) is 4.23. The Kier molecular flexibility index (Phi) is 4.06. The molecule has 0 aliphatic heterocycles. The summed E-state index contributed by atoms with van der Waals surface area (Å²) < 4.78 is 6.20. The molecule has 0 radical (unpaired) electrons. The van der Waals surface area contributed by atoms with Gasteiger partial charge in [-0.3, -0.25) is 4.98 Å². The molecule has 0 aliphatic rings. The standard InChI is InChI=1S/C22H18ClNO/c1-14(2)25-22-19(13-20(23)18-11-6-12-24-21(18)22)17-10-5-8-15-7-3-4-9-16(15)17/h3-14H,1-2H3. The number of nitrogens with zero attached hydrogens (tertiary/aromatic N) is 1. The molecule has 0 N–H and O–H groups in total. The normalized spacial score (nSPS) is 11.4. The van der Waals surface area contributed by atoms with E-state index in [1.807, 2.05) is 38.1 Å². The van der Waals surface area contributed by atoms with Crippen LogP contribution in [-0.2, 0) is 0 Å². The SMILES string of the molecule is CC(C)Oc1c(-c2cccc3ccccc23)cc(Cl)c2cccnc12. The van der Waals surface area contributed by atoms with Gasteiger partial charge in [-0.1, -0.05) is 54.1 Å². The van der Waals surface area contributed by atoms with E-state index in [4.69, 9.17) is 16.3 Å². The Morgan fingerprint density at radius 1 is 0.880 bits per heavy atom. The van der Waals surface area contributed by atoms with Crippen LogP contribution in [0.1, 0.15) is 13.8 Å². The number of hydrogen-bond donors (Lipinski definition) is 0. The first-order valence-corrected chi connectivity index (χ1v) is 8.75. The maximum atomic E-state index is 6.58. The molecule has 4 aromatic rings. The summed E-state index contributed by atoms with van der Waals surface area (Å²) in [5.41, 5.74) is 2.87. The predicted molar refractivity (Wildman–Crippen MR) is 105 cm³/mol. The number of aromatic nitrogens is 1. The van der Waals surface area contributed by atoms with Gasteiger partial charge in [-0.15, -0.1) is 0 Å². The third kappa shape index (κ3) is 2.83. The van der Waals surface area contributed by atoms with Gasteiger partial charge in [0.1, 0.15) is 5.52 Å². The summed E-state index contributed by atoms with van der Waals surface area (Å²) in [6, 6.07) is 20.5. The molecule has 1 heterocycles. The molecule has 0 saturated carbocycles. The van der Waals surface area contributed by atoms with Gasteiger partial charge in [0, 0.05) is 17.1 Å². The second-order valence-electron chi connectivity index (χ2n) is 6.33. The minimum atomic E-state index is 0.0418. The van der Waals surface area contributed by atoms with Crippen molar-refractivity contribution in [3.8, 4) is 16.9 Å². The van der Waals surface area contributed by atoms with Crippen LogP contribution >= 0.6 is 11.6 Å². The Balaban J connectivity index is 2.10. The quantitative estimate of drug-likeness (QED) is 0.422. The molecule has 0 fully saturated rings. The Morgan fingerprint density at radius 2 is 1.64 bits per heavy atom. The minimum Gasteiger partial charge on any atom is -0.488 e. The molecule has 124 valence electrons. The van der Waals surface area contributed by atoms with E-state index in [1.165, 1.54) is 10.8 Å². The van der Waals surface area contributed by atoms with Crippen LogP contribution in [-0.4, -0.2) is 11.1 Å². The highest BCUT2D eigenvalue weighted by atomic mass is 35.5. The highest BCUT2D eigenvalue weighted by molar-refractivity contribution is 6.36. The van der Waals surface area contributed by atoms with Crippen molar-refractivity contribution in [2.75, 3.05) is 0 Å². The lowest BCUT2D eigenvalue weighted by Gasteiger charge is -2.18. The van der Waals surface area contributed by atoms with E-state index in [1.54, 1.807) is 6.20 Å². The topological polar surface area (TPSA) is 22.1 Å². The zero-order chi connectivity index (χ0) is 17.4. The number of hydrogen-bond acceptors (Lipinski definition) is 2. The molecule has 0 amide bonds. The maximum absolute atomic E-state index is 6.58. The smallest absolute Gasteiger partial charge is 0.153 e. The van der Waals surface area contributed by atoms with Crippen LogP contribution in [0.15, 0.2) is 66.9 Å². The molecular weight excluding hydrogens is 330 g/mol. The lowest BCUT2D eigenvalue weighted by Crippen LogP contribution is -2.07. The third-order valence-corrected chi connectivity index (χ3v) is 4.54. The predicted octanol–water partition coefficient (Wildman–Crippen LogP) is 6.50. The Morgan fingerprint density at radius 3 is 2.48 bits per heavy atom. The van der Waals surface area contributed by atoms with E-state index < -0.39 is 0 Å². The molecule has 0 unspecified atom stereocenters. The average Bonchev–Trinajstić information content (AvgIpc) is 2.63. The van der Waals surface area contributed by atoms with Gasteiger partial charge in [-0.25, -0.2) is 0 Å². The van der Waals surface area contributed by atoms with Crippen molar-refractivity contribution >= 4 is 33.3 Å². The van der Waals surface area contributed by atoms with Crippen LogP contribution in [0.25, 0.3) is 32.8 Å². The van der Waals surface area contributed by atoms with Gasteiger partial charge in [0.05, 0.1) is 11.1 Å². The fourth-order valence-electron chi connectivity index (χ4n) is 3.19. The van der Waals surface area contributed by atoms with Crippen molar-refractivity contribution < 1.29 is 4.74 Å². The van der Waals surface area contributed by atoms with Crippen LogP contribution in [0.2, 0.25) is 5.02 Å². The average molecular weight is 348 g/mol. The van der Waals surface area contributed by atoms with Crippen molar-refractivity contribution in [2.24, 2.45) is 0 Å². The first-order valence-electron chi connectivity index (χ1n) is 8.37. The van der Waals surface area contributed by atoms with E-state index in [-0.39, 0.29) is 6.10 Å². The zero-order valence-electron chi connectivity index (χ0n) is 14.2. The van der Waals surface area contributed by atoms with Crippen molar-refractivity contribution in [3.63, 3.8) is 0 Å². The van der Waals surface area contributed by atoms with Gasteiger partial charge in [0.15, 0.2) is 5.75 Å². The lowest BCUT2D eigenvalue weighted by atomic mass is 9.96. The molecule has 0 bridgehead atoms. The van der Waals surface area contributed by atoms with Crippen molar-refractivity contribution in [1.82, 2.24) is 4.98 Å². The van der Waals surface area contributed by atoms with Gasteiger partial charge < -0.3 is 4.74 Å². The van der Waals surface area contributed by atoms with Gasteiger partial charge in [-0.05, 0) is 48.4 Å². The molecule has 3 heteroatoms. The summed E-state index contributed by atoms with van der Waals surface area (Å²) in [7, 11) is 0. The van der Waals surface area contributed by atoms with Crippen LogP contribution in [0.5, 0.6) is 5.75 Å². The Bertz CT molecular complexity index is 1070. The Hall–Kier alpha value is -2.58. The molecule has 25 heavy (non-hydrogen) atoms. The fourth-order valence-corrected chi connectivity index (χ4v) is 3.45. The van der Waals surface area contributed by atoms with Crippen molar-refractivity contribution in [1.29, 1.82) is 0 Å². The molecule has 0 aliphatic carbocycles. The summed E-state index contributed by atoms with van der Waals surface area (Å²) in [5, 5.41) is 3.95. The van der Waals surface area contributed by atoms with Gasteiger partial charge in [0.2, 0.25) is 0 Å². The van der Waals surface area contributed by atoms with Crippen molar-refractivity contribution in [2.45, 2.75) is 20.0 Å². The van der Waals surface area contributed by atoms with Gasteiger partial charge >= 0.3 is 0 Å². The second-order valence-corrected chi connectivity index (χ2v) is 6.74. The minimum absolute atomic E-state index is 0.0418. The number of pyridine rings is 1. The van der Waals surface area contributed by atoms with Crippen LogP contribution in [0.3, 0.4) is 0 Å². The lowest BCUT2D eigenvalue weighted by molar-refractivity contribution is 0.246. The number of rotatable bonds is 3. The van der Waals surface area contributed by atoms with E-state index >= 15 is 0 Å². The van der Waals surface area contributed by atoms with Crippen LogP contribution in [0.4, 0.5) is 0 Å². The highest BCUT2D eigenvalue weighted by Gasteiger charge is 2.17. The molecule has 4 rings (SSSR count). The van der Waals surface area contributed by atoms with E-state index in [9.17, 15) is 0 Å². The van der Waals surface area contributed by atoms with Crippen LogP contribution < -0.4 is 4.74 Å². The maximum Gasteiger partial charge on any atom is 0.153 e. The summed E-state index contributed by atoms with van der Waals surface area (Å²) in [4.78, 5) is 4.55. The molecule has 0 spiro atoms. The summed E-state index contributed by atoms with van der Waals surface area (Å²) in [5.74, 6) is 0.784. The highest BCUT2D eigenvalue weighted by Crippen LogP contribution is 2.42. The molecule has 3 aromatic carbocycles. The van der Waals surface area contributed by atoms with Gasteiger partial charge in [0.25, 0.3) is 0 Å². The van der Waals surface area contributed by atoms with E-state index in [0.717, 1.165) is 27.8 Å². The largest absolute Gasteiger partial charge is 0.488 e. The monoisotopic (exact) mass is 347 g/mol. The first kappa shape index (κ1) is 15.9.